The second-order valence-electron chi connectivity index (χ2n) is 18.0. The Morgan fingerprint density at radius 3 is 1.30 bits per heavy atom. The molecule has 15 rings (SSSR count). The number of pyridine rings is 1. The predicted octanol–water partition coefficient (Wildman–Crippen LogP) is 16.8. The predicted molar refractivity (Wildman–Crippen MR) is 292 cm³/mol. The summed E-state index contributed by atoms with van der Waals surface area (Å²) in [4.78, 5) is 5.66. The lowest BCUT2D eigenvalue weighted by atomic mass is 9.91. The van der Waals surface area contributed by atoms with E-state index in [9.17, 15) is 2.74 Å². The summed E-state index contributed by atoms with van der Waals surface area (Å²) in [7, 11) is 0. The molecule has 5 aromatic heterocycles. The Labute approximate surface area is 408 Å². The second-order valence-corrected chi connectivity index (χ2v) is 18.0. The van der Waals surface area contributed by atoms with Crippen molar-refractivity contribution in [2.45, 2.75) is 0 Å². The van der Waals surface area contributed by atoms with Crippen LogP contribution in [0.4, 0.5) is 0 Å². The SMILES string of the molecule is [2H]c1c([2H])c([2H])c2c(c1[2H])c1ccccc1n2-c1cc(-c2c(-c3cccc4c5ccccc5n(-c5ccccc5)c34)cccc2-n2c3ccccc3c3ccccc32)cc(-n2c3ccccc3c3ccccc32)n1. The molecule has 0 N–H and O–H groups in total. The van der Waals surface area contributed by atoms with Crippen LogP contribution < -0.4 is 0 Å². The van der Waals surface area contributed by atoms with Gasteiger partial charge in [-0.1, -0.05) is 176 Å². The largest absolute Gasteiger partial charge is 0.309 e. The zero-order valence-electron chi connectivity index (χ0n) is 41.6. The number of rotatable bonds is 6. The zero-order chi connectivity index (χ0) is 49.3. The highest BCUT2D eigenvalue weighted by Crippen LogP contribution is 2.47. The van der Waals surface area contributed by atoms with Gasteiger partial charge in [0.25, 0.3) is 0 Å². The van der Waals surface area contributed by atoms with Crippen molar-refractivity contribution in [2.24, 2.45) is 0 Å². The molecule has 0 fully saturated rings. The third-order valence-electron chi connectivity index (χ3n) is 14.3. The maximum atomic E-state index is 9.57. The molecule has 0 atom stereocenters. The van der Waals surface area contributed by atoms with E-state index in [1.807, 2.05) is 28.8 Å². The zero-order valence-corrected chi connectivity index (χ0v) is 37.6. The molecule has 70 heavy (non-hydrogen) atoms. The van der Waals surface area contributed by atoms with Crippen molar-refractivity contribution in [2.75, 3.05) is 0 Å². The topological polar surface area (TPSA) is 32.6 Å². The van der Waals surface area contributed by atoms with Gasteiger partial charge in [0.15, 0.2) is 0 Å². The third kappa shape index (κ3) is 5.51. The van der Waals surface area contributed by atoms with Gasteiger partial charge in [-0.05, 0) is 83.9 Å². The van der Waals surface area contributed by atoms with Crippen LogP contribution in [0.15, 0.2) is 249 Å². The average molecular weight is 896 g/mol. The van der Waals surface area contributed by atoms with Gasteiger partial charge in [0.2, 0.25) is 0 Å². The van der Waals surface area contributed by atoms with Gasteiger partial charge in [-0.15, -0.1) is 0 Å². The van der Waals surface area contributed by atoms with E-state index in [1.54, 1.807) is 0 Å². The Hall–Kier alpha value is -9.45. The van der Waals surface area contributed by atoms with Crippen LogP contribution in [0.25, 0.3) is 132 Å². The molecule has 0 aliphatic carbocycles. The van der Waals surface area contributed by atoms with Gasteiger partial charge in [0.05, 0.1) is 55.3 Å². The molecular weight excluding hydrogens is 851 g/mol. The van der Waals surface area contributed by atoms with Gasteiger partial charge >= 0.3 is 0 Å². The van der Waals surface area contributed by atoms with Crippen molar-refractivity contribution in [3.8, 4) is 45.3 Å². The molecule has 5 heterocycles. The lowest BCUT2D eigenvalue weighted by Gasteiger charge is -2.21. The number of nitrogens with zero attached hydrogens (tertiary/aromatic N) is 5. The summed E-state index contributed by atoms with van der Waals surface area (Å²) in [6.45, 7) is 0. The molecule has 0 saturated heterocycles. The number of fused-ring (bicyclic) bond motifs is 12. The maximum absolute atomic E-state index is 9.57. The summed E-state index contributed by atoms with van der Waals surface area (Å²) in [5, 5.41) is 7.93. The Bertz CT molecular complexity index is 4740. The van der Waals surface area contributed by atoms with Crippen LogP contribution in [0.5, 0.6) is 0 Å². The number of aromatic nitrogens is 5. The van der Waals surface area contributed by atoms with Crippen molar-refractivity contribution in [1.82, 2.24) is 23.3 Å². The highest BCUT2D eigenvalue weighted by atomic mass is 15.1. The quantitative estimate of drug-likeness (QED) is 0.164. The van der Waals surface area contributed by atoms with E-state index >= 15 is 0 Å². The lowest BCUT2D eigenvalue weighted by Crippen LogP contribution is -2.06. The first-order valence-electron chi connectivity index (χ1n) is 25.6. The minimum absolute atomic E-state index is 0.0874. The van der Waals surface area contributed by atoms with Crippen molar-refractivity contribution in [3.05, 3.63) is 249 Å². The first kappa shape index (κ1) is 34.8. The summed E-state index contributed by atoms with van der Waals surface area (Å²) in [5.41, 5.74) is 13.3. The van der Waals surface area contributed by atoms with Gasteiger partial charge < -0.3 is 9.13 Å². The van der Waals surface area contributed by atoms with Crippen molar-refractivity contribution in [3.63, 3.8) is 0 Å². The summed E-state index contributed by atoms with van der Waals surface area (Å²) in [6, 6.07) is 77.9. The second kappa shape index (κ2) is 15.0. The van der Waals surface area contributed by atoms with E-state index in [0.717, 1.165) is 105 Å². The first-order valence-corrected chi connectivity index (χ1v) is 23.6. The van der Waals surface area contributed by atoms with E-state index in [2.05, 4.69) is 214 Å². The molecule has 0 amide bonds. The van der Waals surface area contributed by atoms with E-state index in [0.29, 0.717) is 27.9 Å². The molecule has 0 saturated carbocycles. The maximum Gasteiger partial charge on any atom is 0.140 e. The first-order chi connectivity index (χ1) is 36.4. The standard InChI is InChI=1S/C65H41N5/c1-2-20-43(21-3-1)67-54-32-11-10-28-50(54)52-30-18-31-53(65(52)67)51-29-19-39-61(68-55-33-12-4-22-44(55)45-23-5-13-34-56(45)68)64(51)42-40-62(69-57-35-14-6-24-46(57)47-25-7-15-36-58(47)69)66-63(41-42)70-59-37-16-8-26-48(59)49-27-9-17-38-60(49)70/h1-41H/i6D,14D,24D,35D. The molecule has 326 valence electrons. The van der Waals surface area contributed by atoms with Gasteiger partial charge in [-0.25, -0.2) is 4.98 Å². The van der Waals surface area contributed by atoms with Crippen LogP contribution in [-0.2, 0) is 0 Å². The van der Waals surface area contributed by atoms with Crippen LogP contribution in [-0.4, -0.2) is 23.3 Å². The summed E-state index contributed by atoms with van der Waals surface area (Å²) < 4.78 is 45.7. The highest BCUT2D eigenvalue weighted by molar-refractivity contribution is 6.16. The molecule has 0 bridgehead atoms. The van der Waals surface area contributed by atoms with Crippen LogP contribution in [0.3, 0.4) is 0 Å². The molecular formula is C65H41N5. The number of hydrogen-bond donors (Lipinski definition) is 0. The number of para-hydroxylation sites is 9. The van der Waals surface area contributed by atoms with Gasteiger partial charge in [-0.3, -0.25) is 9.13 Å². The Balaban J connectivity index is 1.15. The minimum Gasteiger partial charge on any atom is -0.309 e. The molecule has 0 spiro atoms. The van der Waals surface area contributed by atoms with Crippen LogP contribution in [0.2, 0.25) is 0 Å². The third-order valence-corrected chi connectivity index (χ3v) is 14.3. The van der Waals surface area contributed by atoms with E-state index in [-0.39, 0.29) is 24.2 Å². The van der Waals surface area contributed by atoms with Crippen LogP contribution in [0.1, 0.15) is 5.48 Å². The monoisotopic (exact) mass is 895 g/mol. The molecule has 0 radical (unpaired) electrons. The molecule has 5 heteroatoms. The van der Waals surface area contributed by atoms with Gasteiger partial charge in [-0.2, -0.15) is 0 Å². The van der Waals surface area contributed by atoms with Crippen molar-refractivity contribution < 1.29 is 5.48 Å². The van der Waals surface area contributed by atoms with Crippen LogP contribution in [0, 0.1) is 0 Å². The van der Waals surface area contributed by atoms with E-state index in [1.165, 1.54) is 0 Å². The summed E-state index contributed by atoms with van der Waals surface area (Å²) in [6.07, 6.45) is 0. The minimum atomic E-state index is -0.300. The molecule has 0 aliphatic rings. The average Bonchev–Trinajstić information content (AvgIpc) is 4.23. The smallest absolute Gasteiger partial charge is 0.140 e. The summed E-state index contributed by atoms with van der Waals surface area (Å²) >= 11 is 0. The van der Waals surface area contributed by atoms with Crippen LogP contribution >= 0.6 is 0 Å². The van der Waals surface area contributed by atoms with E-state index < -0.39 is 0 Å². The molecule has 15 aromatic rings. The molecule has 0 unspecified atom stereocenters. The normalized spacial score (nSPS) is 12.8. The Morgan fingerprint density at radius 2 is 0.729 bits per heavy atom. The fourth-order valence-corrected chi connectivity index (χ4v) is 11.5. The highest BCUT2D eigenvalue weighted by Gasteiger charge is 2.25. The van der Waals surface area contributed by atoms with Gasteiger partial charge in [0, 0.05) is 59.9 Å². The number of benzene rings is 10. The summed E-state index contributed by atoms with van der Waals surface area (Å²) in [5.74, 6) is 1.16. The molecule has 10 aromatic carbocycles. The van der Waals surface area contributed by atoms with Gasteiger partial charge in [0.1, 0.15) is 11.6 Å². The lowest BCUT2D eigenvalue weighted by molar-refractivity contribution is 1.01. The fourth-order valence-electron chi connectivity index (χ4n) is 11.5. The number of hydrogen-bond acceptors (Lipinski definition) is 1. The Kier molecular flexibility index (Phi) is 7.47. The van der Waals surface area contributed by atoms with Crippen molar-refractivity contribution in [1.29, 1.82) is 0 Å². The fraction of sp³-hybridized carbons (Fsp3) is 0. The van der Waals surface area contributed by atoms with Crippen molar-refractivity contribution >= 4 is 87.2 Å². The Morgan fingerprint density at radius 1 is 0.314 bits per heavy atom. The molecule has 0 aliphatic heterocycles. The molecule has 5 nitrogen and oxygen atoms in total. The van der Waals surface area contributed by atoms with E-state index in [4.69, 9.17) is 7.73 Å².